The third-order valence-electron chi connectivity index (χ3n) is 5.88. The first-order chi connectivity index (χ1) is 15.8. The van der Waals surface area contributed by atoms with E-state index in [1.54, 1.807) is 0 Å². The Morgan fingerprint density at radius 3 is 2.73 bits per heavy atom. The largest absolute Gasteiger partial charge is 0.508 e. The smallest absolute Gasteiger partial charge is 0.287 e. The summed E-state index contributed by atoms with van der Waals surface area (Å²) in [6.45, 7) is 1.24. The van der Waals surface area contributed by atoms with Gasteiger partial charge in [-0.15, -0.1) is 0 Å². The molecule has 0 radical (unpaired) electrons. The number of hydrogen-bond donors (Lipinski definition) is 4. The lowest BCUT2D eigenvalue weighted by Crippen LogP contribution is -2.44. The number of nitrogens with one attached hydrogen (secondary N) is 2. The van der Waals surface area contributed by atoms with Crippen molar-refractivity contribution >= 4 is 28.2 Å². The van der Waals surface area contributed by atoms with Crippen molar-refractivity contribution in [2.75, 3.05) is 17.2 Å². The lowest BCUT2D eigenvalue weighted by Gasteiger charge is -2.32. The molecular weight excluding hydrogens is 426 g/mol. The molecule has 4 aromatic rings. The van der Waals surface area contributed by atoms with Gasteiger partial charge in [0.15, 0.2) is 5.82 Å². The molecule has 0 fully saturated rings. The molecule has 1 amide bonds. The van der Waals surface area contributed by atoms with Crippen molar-refractivity contribution in [3.8, 4) is 5.75 Å². The van der Waals surface area contributed by atoms with E-state index in [0.29, 0.717) is 25.0 Å². The van der Waals surface area contributed by atoms with Crippen LogP contribution in [-0.4, -0.2) is 27.5 Å². The Kier molecular flexibility index (Phi) is 4.70. The summed E-state index contributed by atoms with van der Waals surface area (Å²) in [5.74, 6) is -0.735. The summed E-state index contributed by atoms with van der Waals surface area (Å²) >= 11 is 0. The number of phenolic OH excluding ortho intramolecular Hbond substituents is 1. The summed E-state index contributed by atoms with van der Waals surface area (Å²) in [5.41, 5.74) is 7.53. The van der Waals surface area contributed by atoms with E-state index in [-0.39, 0.29) is 34.9 Å². The lowest BCUT2D eigenvalue weighted by atomic mass is 9.96. The quantitative estimate of drug-likeness (QED) is 0.327. The number of phenols is 1. The third kappa shape index (κ3) is 3.51. The molecule has 2 heterocycles. The molecule has 1 aliphatic heterocycles. The maximum absolute atomic E-state index is 12.6. The number of fused-ring (bicyclic) bond motifs is 2. The molecule has 0 spiro atoms. The number of H-pyrrole nitrogens is 1. The minimum absolute atomic E-state index is 0.0129. The zero-order valence-corrected chi connectivity index (χ0v) is 17.3. The zero-order valence-electron chi connectivity index (χ0n) is 17.3. The molecule has 10 nitrogen and oxygen atoms in total. The molecule has 0 unspecified atom stereocenters. The van der Waals surface area contributed by atoms with Crippen molar-refractivity contribution < 1.29 is 9.90 Å². The van der Waals surface area contributed by atoms with Crippen molar-refractivity contribution in [3.63, 3.8) is 0 Å². The predicted molar refractivity (Wildman–Crippen MR) is 122 cm³/mol. The van der Waals surface area contributed by atoms with Gasteiger partial charge >= 0.3 is 0 Å². The van der Waals surface area contributed by atoms with Crippen LogP contribution in [0.3, 0.4) is 0 Å². The van der Waals surface area contributed by atoms with Crippen LogP contribution < -0.4 is 32.4 Å². The number of aromatic amines is 1. The van der Waals surface area contributed by atoms with E-state index in [1.807, 2.05) is 23.1 Å². The van der Waals surface area contributed by atoms with Gasteiger partial charge < -0.3 is 26.0 Å². The number of nitrogen functional groups attached to an aromatic ring is 1. The second-order valence-corrected chi connectivity index (χ2v) is 7.99. The number of aromatic hydroxyl groups is 1. The second-order valence-electron chi connectivity index (χ2n) is 7.99. The van der Waals surface area contributed by atoms with Crippen LogP contribution in [-0.2, 0) is 19.5 Å². The molecule has 0 aliphatic carbocycles. The Bertz CT molecular complexity index is 1560. The molecule has 33 heavy (non-hydrogen) atoms. The molecule has 5 N–H and O–H groups in total. The Balaban J connectivity index is 1.32. The lowest BCUT2D eigenvalue weighted by molar-refractivity contribution is 0.0940. The summed E-state index contributed by atoms with van der Waals surface area (Å²) in [7, 11) is 0. The number of carbonyl (C=O) groups is 1. The number of benzene rings is 2. The third-order valence-corrected chi connectivity index (χ3v) is 5.88. The normalized spacial score (nSPS) is 13.3. The molecular formula is C23H19N5O5. The van der Waals surface area contributed by atoms with Gasteiger partial charge in [0, 0.05) is 19.6 Å². The average molecular weight is 445 g/mol. The number of rotatable bonds is 4. The zero-order chi connectivity index (χ0) is 23.3. The van der Waals surface area contributed by atoms with Gasteiger partial charge in [-0.1, -0.05) is 18.2 Å². The van der Waals surface area contributed by atoms with E-state index in [1.165, 1.54) is 18.2 Å². The van der Waals surface area contributed by atoms with Crippen LogP contribution in [0.5, 0.6) is 5.75 Å². The summed E-state index contributed by atoms with van der Waals surface area (Å²) < 4.78 is 0. The number of carbonyl (C=O) groups excluding carboxylic acids is 1. The van der Waals surface area contributed by atoms with Crippen molar-refractivity contribution in [1.29, 1.82) is 0 Å². The second kappa shape index (κ2) is 7.59. The maximum atomic E-state index is 12.6. The Morgan fingerprint density at radius 1 is 1.12 bits per heavy atom. The SMILES string of the molecule is Nc1c(N2CCc3ccc(CNC(=O)c4nc5ccc(O)cc5c(=O)[nH]4)cc3C2)c(=O)c1=O. The van der Waals surface area contributed by atoms with Crippen LogP contribution in [0.4, 0.5) is 11.4 Å². The van der Waals surface area contributed by atoms with Gasteiger partial charge in [-0.05, 0) is 41.3 Å². The summed E-state index contributed by atoms with van der Waals surface area (Å²) in [5, 5.41) is 12.5. The molecule has 0 saturated heterocycles. The van der Waals surface area contributed by atoms with Gasteiger partial charge in [0.1, 0.15) is 17.1 Å². The number of hydrogen-bond acceptors (Lipinski definition) is 8. The number of anilines is 2. The summed E-state index contributed by atoms with van der Waals surface area (Å²) in [6.07, 6.45) is 0.706. The van der Waals surface area contributed by atoms with Gasteiger partial charge in [-0.3, -0.25) is 19.2 Å². The highest BCUT2D eigenvalue weighted by molar-refractivity contribution is 5.92. The Labute approximate surface area is 186 Å². The monoisotopic (exact) mass is 445 g/mol. The van der Waals surface area contributed by atoms with E-state index in [2.05, 4.69) is 15.3 Å². The van der Waals surface area contributed by atoms with E-state index in [9.17, 15) is 24.3 Å². The van der Waals surface area contributed by atoms with Crippen LogP contribution in [0.25, 0.3) is 10.9 Å². The highest BCUT2D eigenvalue weighted by Gasteiger charge is 2.26. The van der Waals surface area contributed by atoms with Crippen LogP contribution in [0.2, 0.25) is 0 Å². The molecule has 0 bridgehead atoms. The molecule has 3 aromatic carbocycles. The van der Waals surface area contributed by atoms with Gasteiger partial charge in [0.05, 0.1) is 10.9 Å². The topological polar surface area (TPSA) is 158 Å². The minimum Gasteiger partial charge on any atom is -0.508 e. The molecule has 1 aliphatic rings. The highest BCUT2D eigenvalue weighted by Crippen LogP contribution is 2.26. The van der Waals surface area contributed by atoms with Crippen molar-refractivity contribution in [1.82, 2.24) is 15.3 Å². The van der Waals surface area contributed by atoms with Crippen LogP contribution >= 0.6 is 0 Å². The van der Waals surface area contributed by atoms with Crippen molar-refractivity contribution in [2.45, 2.75) is 19.5 Å². The van der Waals surface area contributed by atoms with Crippen molar-refractivity contribution in [3.05, 3.63) is 89.7 Å². The van der Waals surface area contributed by atoms with Gasteiger partial charge in [0.2, 0.25) is 0 Å². The number of nitrogens with two attached hydrogens (primary N) is 1. The first-order valence-corrected chi connectivity index (χ1v) is 10.3. The van der Waals surface area contributed by atoms with Gasteiger partial charge in [0.25, 0.3) is 22.3 Å². The molecule has 166 valence electrons. The van der Waals surface area contributed by atoms with E-state index < -0.39 is 22.3 Å². The number of nitrogens with zero attached hydrogens (tertiary/aromatic N) is 2. The summed E-state index contributed by atoms with van der Waals surface area (Å²) in [4.78, 5) is 56.5. The minimum atomic E-state index is -0.635. The molecule has 5 rings (SSSR count). The maximum Gasteiger partial charge on any atom is 0.287 e. The fourth-order valence-corrected chi connectivity index (χ4v) is 4.12. The van der Waals surface area contributed by atoms with Crippen LogP contribution in [0.15, 0.2) is 50.8 Å². The standard InChI is InChI=1S/C23H19N5O5/c24-17-18(20(31)19(17)30)28-6-5-12-2-1-11(7-13(12)10-28)9-25-23(33)21-26-16-4-3-14(29)8-15(16)22(32)27-21/h1-4,7-8,29H,5-6,9-10,24H2,(H,25,33)(H,26,27,32). The van der Waals surface area contributed by atoms with Crippen LogP contribution in [0.1, 0.15) is 27.3 Å². The Morgan fingerprint density at radius 2 is 1.94 bits per heavy atom. The first-order valence-electron chi connectivity index (χ1n) is 10.3. The fourth-order valence-electron chi connectivity index (χ4n) is 4.12. The molecule has 1 aromatic heterocycles. The Hall–Kier alpha value is -4.47. The first kappa shape index (κ1) is 20.4. The van der Waals surface area contributed by atoms with E-state index in [4.69, 9.17) is 5.73 Å². The van der Waals surface area contributed by atoms with E-state index >= 15 is 0 Å². The fraction of sp³-hybridized carbons (Fsp3) is 0.174. The number of aromatic nitrogens is 2. The van der Waals surface area contributed by atoms with Crippen molar-refractivity contribution in [2.24, 2.45) is 0 Å². The van der Waals surface area contributed by atoms with Crippen LogP contribution in [0, 0.1) is 0 Å². The van der Waals surface area contributed by atoms with E-state index in [0.717, 1.165) is 16.7 Å². The predicted octanol–water partition coefficient (Wildman–Crippen LogP) is 0.300. The molecule has 0 saturated carbocycles. The highest BCUT2D eigenvalue weighted by atomic mass is 16.3. The van der Waals surface area contributed by atoms with Gasteiger partial charge in [-0.25, -0.2) is 4.98 Å². The average Bonchev–Trinajstić information content (AvgIpc) is 2.82. The van der Waals surface area contributed by atoms with Gasteiger partial charge in [-0.2, -0.15) is 0 Å². The molecule has 10 heteroatoms. The summed E-state index contributed by atoms with van der Waals surface area (Å²) in [6, 6.07) is 9.96. The molecule has 0 atom stereocenters. The number of amides is 1.